The van der Waals surface area contributed by atoms with Crippen molar-refractivity contribution in [3.05, 3.63) is 64.2 Å². The molecule has 52 heavy (non-hydrogen) atoms. The number of rotatable bonds is 16. The molecule has 16 heteroatoms. The molecule has 278 valence electrons. The molecule has 0 spiro atoms. The number of nitro groups is 1. The van der Waals surface area contributed by atoms with Gasteiger partial charge in [-0.1, -0.05) is 26.0 Å². The van der Waals surface area contributed by atoms with Crippen molar-refractivity contribution in [1.82, 2.24) is 16.0 Å². The summed E-state index contributed by atoms with van der Waals surface area (Å²) in [5.41, 5.74) is 5.94. The number of nitrogens with two attached hydrogens (primary N) is 1. The quantitative estimate of drug-likeness (QED) is 0.0410. The zero-order chi connectivity index (χ0) is 37.6. The second-order valence-corrected chi connectivity index (χ2v) is 12.9. The number of hydrogen-bond donors (Lipinski definition) is 5. The van der Waals surface area contributed by atoms with Crippen LogP contribution in [-0.2, 0) is 25.7 Å². The summed E-state index contributed by atoms with van der Waals surface area (Å²) in [7, 11) is 0. The Morgan fingerprint density at radius 2 is 1.60 bits per heavy atom. The molecule has 2 unspecified atom stereocenters. The SMILES string of the molecule is CC(C)[C@H](OC(=O)NCC1C2CCC#CCCC21)C(=O)N[C@@H](CCCNC(N)=O)C(=O)Nc1ccc(COC(=O)Oc2ccc([N+](=O)[O-])cc2)cc1. The van der Waals surface area contributed by atoms with Crippen LogP contribution in [0.1, 0.15) is 57.9 Å². The second kappa shape index (κ2) is 18.9. The number of urea groups is 1. The Morgan fingerprint density at radius 3 is 2.19 bits per heavy atom. The van der Waals surface area contributed by atoms with E-state index < -0.39 is 53.1 Å². The lowest BCUT2D eigenvalue weighted by Gasteiger charge is -2.24. The fourth-order valence-electron chi connectivity index (χ4n) is 6.05. The molecular weight excluding hydrogens is 676 g/mol. The van der Waals surface area contributed by atoms with Crippen LogP contribution in [-0.4, -0.2) is 60.3 Å². The van der Waals surface area contributed by atoms with Gasteiger partial charge in [-0.25, -0.2) is 14.4 Å². The number of alkyl carbamates (subject to hydrolysis) is 1. The van der Waals surface area contributed by atoms with Gasteiger partial charge in [0.1, 0.15) is 18.4 Å². The average molecular weight is 721 g/mol. The standard InChI is InChI=1S/C36H44N6O10/c1-22(2)31(52-35(46)39-20-29-27-8-5-3-4-6-9-28(27)29)33(44)41-30(10-7-19-38-34(37)45)32(43)40-24-13-11-23(12-14-24)21-50-36(47)51-26-17-15-25(16-18-26)42(48)49/h11-18,22,27-31H,5-10,19-21H2,1-2H3,(H,39,46)(H,40,43)(H,41,44)(H3,37,38,45)/t27?,28?,29?,30-,31-/m0/s1. The van der Waals surface area contributed by atoms with E-state index in [2.05, 4.69) is 33.1 Å². The number of nitrogens with one attached hydrogen (secondary N) is 4. The number of ether oxygens (including phenoxy) is 3. The van der Waals surface area contributed by atoms with Crippen molar-refractivity contribution in [3.63, 3.8) is 0 Å². The molecule has 1 fully saturated rings. The summed E-state index contributed by atoms with van der Waals surface area (Å²) in [6.45, 7) is 3.92. The molecule has 2 aliphatic carbocycles. The Bertz CT molecular complexity index is 1640. The number of amides is 5. The summed E-state index contributed by atoms with van der Waals surface area (Å²) in [6.07, 6.45) is 1.28. The smallest absolute Gasteiger partial charge is 0.436 e. The molecule has 16 nitrogen and oxygen atoms in total. The van der Waals surface area contributed by atoms with Gasteiger partial charge in [0.25, 0.3) is 11.6 Å². The molecule has 4 atom stereocenters. The van der Waals surface area contributed by atoms with Crippen molar-refractivity contribution in [2.75, 3.05) is 18.4 Å². The van der Waals surface area contributed by atoms with Crippen LogP contribution in [0.4, 0.5) is 25.8 Å². The molecule has 6 N–H and O–H groups in total. The number of anilines is 1. The summed E-state index contributed by atoms with van der Waals surface area (Å²) >= 11 is 0. The number of fused-ring (bicyclic) bond motifs is 1. The fourth-order valence-corrected chi connectivity index (χ4v) is 6.05. The molecule has 2 aromatic rings. The summed E-state index contributed by atoms with van der Waals surface area (Å²) in [5, 5.41) is 21.5. The minimum Gasteiger partial charge on any atom is -0.436 e. The fraction of sp³-hybridized carbons (Fsp3) is 0.472. The first-order chi connectivity index (χ1) is 24.9. The third kappa shape index (κ3) is 12.2. The van der Waals surface area contributed by atoms with E-state index in [-0.39, 0.29) is 31.0 Å². The highest BCUT2D eigenvalue weighted by molar-refractivity contribution is 5.98. The van der Waals surface area contributed by atoms with Crippen LogP contribution in [0, 0.1) is 45.6 Å². The van der Waals surface area contributed by atoms with Crippen molar-refractivity contribution < 1.29 is 43.1 Å². The first-order valence-electron chi connectivity index (χ1n) is 17.1. The van der Waals surface area contributed by atoms with Crippen molar-refractivity contribution in [3.8, 4) is 17.6 Å². The van der Waals surface area contributed by atoms with Gasteiger partial charge < -0.3 is 41.2 Å². The molecule has 0 saturated heterocycles. The van der Waals surface area contributed by atoms with Gasteiger partial charge in [0.05, 0.1) is 4.92 Å². The van der Waals surface area contributed by atoms with Gasteiger partial charge >= 0.3 is 18.3 Å². The molecule has 4 rings (SSSR count). The van der Waals surface area contributed by atoms with E-state index in [0.717, 1.165) is 25.7 Å². The molecule has 1 saturated carbocycles. The highest BCUT2D eigenvalue weighted by Crippen LogP contribution is 2.51. The Labute approximate surface area is 301 Å². The van der Waals surface area contributed by atoms with Crippen molar-refractivity contribution in [1.29, 1.82) is 0 Å². The molecule has 0 aromatic heterocycles. The average Bonchev–Trinajstić information content (AvgIpc) is 3.75. The molecule has 0 bridgehead atoms. The predicted molar refractivity (Wildman–Crippen MR) is 188 cm³/mol. The Hall–Kier alpha value is -5.85. The van der Waals surface area contributed by atoms with Gasteiger partial charge in [0, 0.05) is 43.8 Å². The van der Waals surface area contributed by atoms with Gasteiger partial charge in [-0.15, -0.1) is 11.8 Å². The number of non-ortho nitro benzene ring substituents is 1. The first kappa shape index (κ1) is 38.9. The molecule has 2 aromatic carbocycles. The van der Waals surface area contributed by atoms with Crippen molar-refractivity contribution in [2.24, 2.45) is 29.4 Å². The van der Waals surface area contributed by atoms with E-state index in [1.165, 1.54) is 24.3 Å². The lowest BCUT2D eigenvalue weighted by atomic mass is 10.0. The normalized spacial score (nSPS) is 18.3. The number of carbonyl (C=O) groups is 5. The maximum absolute atomic E-state index is 13.4. The molecule has 2 aliphatic rings. The van der Waals surface area contributed by atoms with Crippen LogP contribution in [0.15, 0.2) is 48.5 Å². The number of carbonyl (C=O) groups excluding carboxylic acids is 5. The second-order valence-electron chi connectivity index (χ2n) is 12.9. The van der Waals surface area contributed by atoms with Crippen LogP contribution in [0.3, 0.4) is 0 Å². The maximum Gasteiger partial charge on any atom is 0.514 e. The van der Waals surface area contributed by atoms with Gasteiger partial charge in [0.2, 0.25) is 5.91 Å². The maximum atomic E-state index is 13.4. The monoisotopic (exact) mass is 720 g/mol. The summed E-state index contributed by atoms with van der Waals surface area (Å²) in [4.78, 5) is 73.0. The van der Waals surface area contributed by atoms with Crippen LogP contribution < -0.4 is 31.7 Å². The van der Waals surface area contributed by atoms with Gasteiger partial charge in [0.15, 0.2) is 6.10 Å². The Morgan fingerprint density at radius 1 is 0.942 bits per heavy atom. The van der Waals surface area contributed by atoms with Crippen LogP contribution in [0.25, 0.3) is 0 Å². The number of nitro benzene ring substituents is 1. The van der Waals surface area contributed by atoms with Gasteiger partial charge in [-0.3, -0.25) is 19.7 Å². The van der Waals surface area contributed by atoms with Crippen molar-refractivity contribution >= 4 is 41.5 Å². The number of nitrogens with zero attached hydrogens (tertiary/aromatic N) is 1. The minimum absolute atomic E-state index is 0.0722. The molecule has 0 radical (unpaired) electrons. The number of hydrogen-bond acceptors (Lipinski definition) is 10. The summed E-state index contributed by atoms with van der Waals surface area (Å²) in [6, 6.07) is 9.50. The van der Waals surface area contributed by atoms with Crippen LogP contribution in [0.2, 0.25) is 0 Å². The molecular formula is C36H44N6O10. The van der Waals surface area contributed by atoms with E-state index in [1.54, 1.807) is 38.1 Å². The van der Waals surface area contributed by atoms with Crippen molar-refractivity contribution in [2.45, 2.75) is 71.1 Å². The third-order valence-corrected chi connectivity index (χ3v) is 8.85. The first-order valence-corrected chi connectivity index (χ1v) is 17.1. The topological polar surface area (TPSA) is 230 Å². The summed E-state index contributed by atoms with van der Waals surface area (Å²) < 4.78 is 15.7. The van der Waals surface area contributed by atoms with E-state index in [9.17, 15) is 34.1 Å². The predicted octanol–water partition coefficient (Wildman–Crippen LogP) is 4.37. The molecule has 0 aliphatic heterocycles. The molecule has 5 amide bonds. The summed E-state index contributed by atoms with van der Waals surface area (Å²) in [5.74, 6) is 6.23. The number of primary amides is 1. The van der Waals surface area contributed by atoms with E-state index in [1.807, 2.05) is 0 Å². The largest absolute Gasteiger partial charge is 0.514 e. The highest BCUT2D eigenvalue weighted by Gasteiger charge is 2.48. The van der Waals surface area contributed by atoms with Gasteiger partial charge in [-0.2, -0.15) is 0 Å². The van der Waals surface area contributed by atoms with E-state index >= 15 is 0 Å². The van der Waals surface area contributed by atoms with E-state index in [0.29, 0.717) is 42.0 Å². The zero-order valence-corrected chi connectivity index (χ0v) is 29.1. The Balaban J connectivity index is 1.29. The minimum atomic E-state index is -1.17. The van der Waals surface area contributed by atoms with E-state index in [4.69, 9.17) is 19.9 Å². The lowest BCUT2D eigenvalue weighted by molar-refractivity contribution is -0.384. The lowest BCUT2D eigenvalue weighted by Crippen LogP contribution is -2.50. The Kier molecular flexibility index (Phi) is 14.2. The van der Waals surface area contributed by atoms with Crippen LogP contribution in [0.5, 0.6) is 5.75 Å². The highest BCUT2D eigenvalue weighted by atomic mass is 16.7. The van der Waals surface area contributed by atoms with Crippen LogP contribution >= 0.6 is 0 Å². The number of benzene rings is 2. The zero-order valence-electron chi connectivity index (χ0n) is 29.1. The molecule has 0 heterocycles. The van der Waals surface area contributed by atoms with Gasteiger partial charge in [-0.05, 0) is 79.2 Å². The third-order valence-electron chi connectivity index (χ3n) is 8.85.